The molecule has 0 amide bonds. The molecular formula is C35H52N6. The van der Waals surface area contributed by atoms with Gasteiger partial charge in [-0.2, -0.15) is 9.61 Å². The van der Waals surface area contributed by atoms with E-state index in [2.05, 4.69) is 90.9 Å². The van der Waals surface area contributed by atoms with Crippen molar-refractivity contribution < 1.29 is 0 Å². The quantitative estimate of drug-likeness (QED) is 0.171. The van der Waals surface area contributed by atoms with E-state index < -0.39 is 0 Å². The fourth-order valence-corrected chi connectivity index (χ4v) is 6.12. The zero-order valence-corrected chi connectivity index (χ0v) is 26.3. The molecule has 2 fully saturated rings. The van der Waals surface area contributed by atoms with Crippen molar-refractivity contribution in [3.8, 4) is 0 Å². The molecule has 5 rings (SSSR count). The summed E-state index contributed by atoms with van der Waals surface area (Å²) in [5.41, 5.74) is 7.41. The van der Waals surface area contributed by atoms with Gasteiger partial charge in [0.1, 0.15) is 11.6 Å². The van der Waals surface area contributed by atoms with Crippen molar-refractivity contribution in [1.29, 1.82) is 0 Å². The fraction of sp³-hybridized carbons (Fsp3) is 0.600. The molecule has 1 atom stereocenters. The van der Waals surface area contributed by atoms with Crippen LogP contribution >= 0.6 is 0 Å². The van der Waals surface area contributed by atoms with E-state index in [1.165, 1.54) is 79.3 Å². The third-order valence-electron chi connectivity index (χ3n) is 9.13. The van der Waals surface area contributed by atoms with Gasteiger partial charge in [-0.25, -0.2) is 4.98 Å². The van der Waals surface area contributed by atoms with Crippen molar-refractivity contribution in [1.82, 2.24) is 19.5 Å². The summed E-state index contributed by atoms with van der Waals surface area (Å²) in [4.78, 5) is 12.6. The lowest BCUT2D eigenvalue weighted by atomic mass is 9.96. The molecule has 1 aliphatic carbocycles. The van der Waals surface area contributed by atoms with E-state index in [1.807, 2.05) is 0 Å². The lowest BCUT2D eigenvalue weighted by Crippen LogP contribution is -2.38. The topological polar surface area (TPSA) is 39.9 Å². The van der Waals surface area contributed by atoms with Crippen LogP contribution in [0.2, 0.25) is 0 Å². The number of hydrogen-bond acceptors (Lipinski definition) is 5. The van der Waals surface area contributed by atoms with E-state index in [4.69, 9.17) is 10.1 Å². The number of rotatable bonds is 16. The highest BCUT2D eigenvalue weighted by molar-refractivity contribution is 5.65. The van der Waals surface area contributed by atoms with Crippen molar-refractivity contribution in [2.75, 3.05) is 49.6 Å². The Bertz CT molecular complexity index is 1320. The lowest BCUT2D eigenvalue weighted by Gasteiger charge is -2.33. The average Bonchev–Trinajstić information content (AvgIpc) is 3.67. The van der Waals surface area contributed by atoms with Gasteiger partial charge >= 0.3 is 0 Å². The molecule has 0 spiro atoms. The zero-order valence-electron chi connectivity index (χ0n) is 26.3. The number of nitrogens with zero attached hydrogens (tertiary/aromatic N) is 6. The molecule has 1 unspecified atom stereocenters. The number of unbranched alkanes of at least 4 members (excludes halogenated alkanes) is 2. The summed E-state index contributed by atoms with van der Waals surface area (Å²) >= 11 is 0. The molecule has 0 N–H and O–H groups in total. The molecule has 0 radical (unpaired) electrons. The van der Waals surface area contributed by atoms with Crippen LogP contribution in [0.1, 0.15) is 100 Å². The van der Waals surface area contributed by atoms with Gasteiger partial charge < -0.3 is 9.80 Å². The Morgan fingerprint density at radius 2 is 1.88 bits per heavy atom. The maximum Gasteiger partial charge on any atom is 0.160 e. The first-order valence-corrected chi connectivity index (χ1v) is 16.2. The number of benzene rings is 1. The SMILES string of the molecule is C=C(C)c1cc(C)ccc1CCCN(CCN(C)c1cc(N2CCC2)nc2cc(C(C)CCCCC)nn12)C1CC1. The summed E-state index contributed by atoms with van der Waals surface area (Å²) in [5.74, 6) is 2.71. The van der Waals surface area contributed by atoms with Crippen LogP contribution in [0.4, 0.5) is 11.6 Å². The molecule has 1 aliphatic heterocycles. The number of likely N-dealkylation sites (N-methyl/N-ethyl adjacent to an activating group) is 1. The molecule has 6 nitrogen and oxygen atoms in total. The Morgan fingerprint density at radius 3 is 2.56 bits per heavy atom. The number of allylic oxidation sites excluding steroid dienone is 1. The number of aromatic nitrogens is 3. The molecule has 2 aromatic heterocycles. The van der Waals surface area contributed by atoms with Gasteiger partial charge in [0.15, 0.2) is 5.65 Å². The summed E-state index contributed by atoms with van der Waals surface area (Å²) in [6.45, 7) is 18.5. The highest BCUT2D eigenvalue weighted by Gasteiger charge is 2.29. The van der Waals surface area contributed by atoms with Gasteiger partial charge in [-0.1, -0.05) is 69.0 Å². The smallest absolute Gasteiger partial charge is 0.160 e. The third-order valence-corrected chi connectivity index (χ3v) is 9.13. The van der Waals surface area contributed by atoms with Gasteiger partial charge in [-0.05, 0) is 70.0 Å². The molecule has 3 heterocycles. The Hall–Kier alpha value is -2.86. The number of hydrogen-bond donors (Lipinski definition) is 0. The second kappa shape index (κ2) is 13.4. The number of anilines is 2. The molecule has 3 aromatic rings. The normalized spacial score (nSPS) is 15.9. The summed E-state index contributed by atoms with van der Waals surface area (Å²) in [6, 6.07) is 12.1. The van der Waals surface area contributed by atoms with Crippen LogP contribution in [-0.2, 0) is 6.42 Å². The third kappa shape index (κ3) is 7.32. The van der Waals surface area contributed by atoms with E-state index in [9.17, 15) is 0 Å². The van der Waals surface area contributed by atoms with Gasteiger partial charge in [-0.15, -0.1) is 0 Å². The summed E-state index contributed by atoms with van der Waals surface area (Å²) in [7, 11) is 2.23. The maximum atomic E-state index is 5.12. The molecule has 6 heteroatoms. The zero-order chi connectivity index (χ0) is 28.9. The molecule has 2 aliphatic rings. The van der Waals surface area contributed by atoms with Gasteiger partial charge in [0.25, 0.3) is 0 Å². The van der Waals surface area contributed by atoms with E-state index in [1.54, 1.807) is 0 Å². The minimum absolute atomic E-state index is 0.457. The van der Waals surface area contributed by atoms with Crippen LogP contribution in [0.3, 0.4) is 0 Å². The monoisotopic (exact) mass is 556 g/mol. The average molecular weight is 557 g/mol. The number of fused-ring (bicyclic) bond motifs is 1. The second-order valence-corrected chi connectivity index (χ2v) is 12.8. The standard InChI is InChI=1S/C35H52N6/c1-7-8-9-12-28(5)32-24-34-36-33(40-19-11-20-40)25-35(41(34)37-32)38(6)21-22-39(30-16-17-30)18-10-13-29-15-14-27(4)23-31(29)26(2)3/h14-15,23-25,28,30H,2,7-13,16-22H2,1,3-6H3. The van der Waals surface area contributed by atoms with Crippen molar-refractivity contribution in [2.24, 2.45) is 0 Å². The van der Waals surface area contributed by atoms with Gasteiger partial charge in [0.05, 0.1) is 5.69 Å². The van der Waals surface area contributed by atoms with Crippen molar-refractivity contribution in [3.63, 3.8) is 0 Å². The first-order chi connectivity index (χ1) is 19.8. The van der Waals surface area contributed by atoms with Crippen molar-refractivity contribution in [2.45, 2.75) is 97.4 Å². The molecule has 0 bridgehead atoms. The summed E-state index contributed by atoms with van der Waals surface area (Å²) in [5, 5.41) is 5.12. The van der Waals surface area contributed by atoms with E-state index in [0.29, 0.717) is 5.92 Å². The van der Waals surface area contributed by atoms with Crippen LogP contribution in [-0.4, -0.2) is 65.3 Å². The van der Waals surface area contributed by atoms with Gasteiger partial charge in [-0.3, -0.25) is 4.90 Å². The van der Waals surface area contributed by atoms with Crippen LogP contribution < -0.4 is 9.80 Å². The maximum absolute atomic E-state index is 5.12. The van der Waals surface area contributed by atoms with Crippen molar-refractivity contribution in [3.05, 3.63) is 59.3 Å². The largest absolute Gasteiger partial charge is 0.358 e. The predicted molar refractivity (Wildman–Crippen MR) is 174 cm³/mol. The van der Waals surface area contributed by atoms with E-state index in [0.717, 1.165) is 62.5 Å². The van der Waals surface area contributed by atoms with Gasteiger partial charge in [0, 0.05) is 57.3 Å². The number of aryl methyl sites for hydroxylation is 2. The summed E-state index contributed by atoms with van der Waals surface area (Å²) in [6.07, 6.45) is 11.2. The van der Waals surface area contributed by atoms with Crippen LogP contribution in [0.5, 0.6) is 0 Å². The molecule has 222 valence electrons. The van der Waals surface area contributed by atoms with Crippen LogP contribution in [0, 0.1) is 6.92 Å². The van der Waals surface area contributed by atoms with E-state index in [-0.39, 0.29) is 0 Å². The molecule has 1 saturated carbocycles. The van der Waals surface area contributed by atoms with Crippen LogP contribution in [0.25, 0.3) is 11.2 Å². The van der Waals surface area contributed by atoms with Gasteiger partial charge in [0.2, 0.25) is 0 Å². The second-order valence-electron chi connectivity index (χ2n) is 12.8. The van der Waals surface area contributed by atoms with Crippen LogP contribution in [0.15, 0.2) is 36.9 Å². The highest BCUT2D eigenvalue weighted by atomic mass is 15.4. The molecule has 1 saturated heterocycles. The Labute approximate surface area is 248 Å². The first kappa shape index (κ1) is 29.6. The van der Waals surface area contributed by atoms with Crippen molar-refractivity contribution >= 4 is 22.9 Å². The lowest BCUT2D eigenvalue weighted by molar-refractivity contribution is 0.266. The Balaban J connectivity index is 1.26. The minimum Gasteiger partial charge on any atom is -0.358 e. The minimum atomic E-state index is 0.457. The first-order valence-electron chi connectivity index (χ1n) is 16.2. The van der Waals surface area contributed by atoms with E-state index >= 15 is 0 Å². The molecule has 41 heavy (non-hydrogen) atoms. The molecular weight excluding hydrogens is 504 g/mol. The molecule has 1 aromatic carbocycles. The Kier molecular flexibility index (Phi) is 9.69. The fourth-order valence-electron chi connectivity index (χ4n) is 6.12. The highest BCUT2D eigenvalue weighted by Crippen LogP contribution is 2.30. The predicted octanol–water partition coefficient (Wildman–Crippen LogP) is 7.50. The Morgan fingerprint density at radius 1 is 1.07 bits per heavy atom. The summed E-state index contributed by atoms with van der Waals surface area (Å²) < 4.78 is 2.10.